The van der Waals surface area contributed by atoms with Crippen molar-refractivity contribution in [3.05, 3.63) is 41.1 Å². The summed E-state index contributed by atoms with van der Waals surface area (Å²) in [5.41, 5.74) is -1.06. The lowest BCUT2D eigenvalue weighted by molar-refractivity contribution is -0.290. The van der Waals surface area contributed by atoms with E-state index in [1.165, 1.54) is 0 Å². The van der Waals surface area contributed by atoms with E-state index in [4.69, 9.17) is 14.0 Å². The highest BCUT2D eigenvalue weighted by Gasteiger charge is 2.45. The van der Waals surface area contributed by atoms with Gasteiger partial charge in [-0.1, -0.05) is 22.3 Å². The lowest BCUT2D eigenvalue weighted by Gasteiger charge is -2.39. The van der Waals surface area contributed by atoms with Gasteiger partial charge in [-0.15, -0.1) is 8.42 Å². The average Bonchev–Trinajstić information content (AvgIpc) is 2.77. The molecule has 186 valence electrons. The molecule has 0 radical (unpaired) electrons. The predicted molar refractivity (Wildman–Crippen MR) is 117 cm³/mol. The van der Waals surface area contributed by atoms with Crippen molar-refractivity contribution >= 4 is 33.1 Å². The van der Waals surface area contributed by atoms with Gasteiger partial charge in [-0.3, -0.25) is 0 Å². The van der Waals surface area contributed by atoms with Crippen molar-refractivity contribution in [2.75, 3.05) is 6.61 Å². The highest BCUT2D eigenvalue weighted by Crippen LogP contribution is 2.31. The maximum atomic E-state index is 12.1. The van der Waals surface area contributed by atoms with Crippen LogP contribution in [0.5, 0.6) is 0 Å². The van der Waals surface area contributed by atoms with E-state index < -0.39 is 68.0 Å². The third-order valence-corrected chi connectivity index (χ3v) is 6.85. The van der Waals surface area contributed by atoms with E-state index in [1.54, 1.807) is 37.3 Å². The minimum absolute atomic E-state index is 0.150. The van der Waals surface area contributed by atoms with Crippen molar-refractivity contribution in [1.29, 1.82) is 0 Å². The van der Waals surface area contributed by atoms with Crippen LogP contribution in [0.25, 0.3) is 0 Å². The molecule has 0 aliphatic carbocycles. The van der Waals surface area contributed by atoms with Crippen molar-refractivity contribution in [3.63, 3.8) is 0 Å². The number of hydrogen-bond donors (Lipinski definition) is 5. The summed E-state index contributed by atoms with van der Waals surface area (Å²) in [5.74, 6) is -0.550. The summed E-state index contributed by atoms with van der Waals surface area (Å²) in [6.07, 6.45) is -6.74. The molecule has 0 amide bonds. The van der Waals surface area contributed by atoms with E-state index in [9.17, 15) is 38.8 Å². The number of rotatable bonds is 9. The van der Waals surface area contributed by atoms with Crippen LogP contribution < -0.4 is 0 Å². The number of esters is 1. The average molecular weight is 510 g/mol. The van der Waals surface area contributed by atoms with E-state index in [1.807, 2.05) is 0 Å². The molecule has 1 saturated heterocycles. The standard InChI is InChI=1S/C19H27NO11S2/c1-11(30-18(25)12-7-3-2-4-8-12)6-5-9-14(20(26)33(27,28)29)32-19-17(24)16(23)15(22)13(10-21)31-19/h2-4,7-8,11,13,15-17,19,21-24H,5-6,9-10H2,1H3,(H,27,28,29)/t11-,13-,15-,16-,17-,19-/m1/s1. The fourth-order valence-corrected chi connectivity index (χ4v) is 4.92. The van der Waals surface area contributed by atoms with Crippen LogP contribution in [0.4, 0.5) is 0 Å². The van der Waals surface area contributed by atoms with Gasteiger partial charge in [0.05, 0.1) is 18.3 Å². The molecule has 6 atom stereocenters. The molecule has 1 aromatic carbocycles. The molecule has 2 rings (SSSR count). The van der Waals surface area contributed by atoms with Crippen LogP contribution in [0.1, 0.15) is 36.5 Å². The smallest absolute Gasteiger partial charge is 0.518 e. The Bertz CT molecular complexity index is 923. The minimum Gasteiger partial charge on any atom is -0.605 e. The number of hydrogen-bond acceptors (Lipinski definition) is 11. The molecule has 0 spiro atoms. The summed E-state index contributed by atoms with van der Waals surface area (Å²) in [4.78, 5) is 12.1. The molecule has 1 heterocycles. The fraction of sp³-hybridized carbons (Fsp3) is 0.579. The van der Waals surface area contributed by atoms with Gasteiger partial charge in [-0.25, -0.2) is 9.35 Å². The molecule has 5 N–H and O–H groups in total. The van der Waals surface area contributed by atoms with Crippen LogP contribution in [0, 0.1) is 5.21 Å². The Balaban J connectivity index is 2.04. The Morgan fingerprint density at radius 3 is 2.42 bits per heavy atom. The number of aliphatic hydroxyl groups is 4. The largest absolute Gasteiger partial charge is 0.605 e. The van der Waals surface area contributed by atoms with Crippen molar-refractivity contribution in [2.45, 2.75) is 62.1 Å². The summed E-state index contributed by atoms with van der Waals surface area (Å²) >= 11 is 0.425. The van der Waals surface area contributed by atoms with E-state index in [2.05, 4.69) is 0 Å². The van der Waals surface area contributed by atoms with Gasteiger partial charge < -0.3 is 35.1 Å². The topological polar surface area (TPSA) is 197 Å². The summed E-state index contributed by atoms with van der Waals surface area (Å²) in [6, 6.07) is 8.27. The first-order valence-corrected chi connectivity index (χ1v) is 12.3. The zero-order valence-electron chi connectivity index (χ0n) is 17.6. The molecule has 0 saturated carbocycles. The number of thioether (sulfide) groups is 1. The van der Waals surface area contributed by atoms with E-state index >= 15 is 0 Å². The number of carbonyl (C=O) groups is 1. The van der Waals surface area contributed by atoms with Crippen molar-refractivity contribution in [1.82, 2.24) is 0 Å². The lowest BCUT2D eigenvalue weighted by Crippen LogP contribution is -2.57. The van der Waals surface area contributed by atoms with E-state index in [0.29, 0.717) is 17.3 Å². The molecule has 0 bridgehead atoms. The second kappa shape index (κ2) is 12.1. The normalized spacial score (nSPS) is 27.5. The summed E-state index contributed by atoms with van der Waals surface area (Å²) in [5, 5.41) is 50.8. The zero-order chi connectivity index (χ0) is 24.8. The molecule has 0 unspecified atom stereocenters. The number of ether oxygens (including phenoxy) is 2. The van der Waals surface area contributed by atoms with Gasteiger partial charge in [-0.2, -0.15) is 0 Å². The first-order chi connectivity index (χ1) is 15.5. The number of benzene rings is 1. The Labute approximate surface area is 194 Å². The van der Waals surface area contributed by atoms with Crippen LogP contribution in [0.3, 0.4) is 0 Å². The van der Waals surface area contributed by atoms with Crippen molar-refractivity contribution < 1.29 is 51.8 Å². The van der Waals surface area contributed by atoms with Crippen LogP contribution >= 0.6 is 11.8 Å². The van der Waals surface area contributed by atoms with Gasteiger partial charge in [0.1, 0.15) is 29.9 Å². The number of nitrogens with zero attached hydrogens (tertiary/aromatic N) is 1. The van der Waals surface area contributed by atoms with Crippen molar-refractivity contribution in [3.8, 4) is 0 Å². The predicted octanol–water partition coefficient (Wildman–Crippen LogP) is -0.353. The van der Waals surface area contributed by atoms with Crippen LogP contribution in [-0.4, -0.2) is 91.1 Å². The SMILES string of the molecule is C[C@H](CCCC(S[C@H]1O[C@H](CO)[C@@H](O)[C@@H](O)[C@H]1O)=[N+]([O-])S(=O)(=O)O)OC(=O)c1ccccc1. The molecule has 1 aliphatic rings. The molecular weight excluding hydrogens is 482 g/mol. The fourth-order valence-electron chi connectivity index (χ4n) is 3.05. The Kier molecular flexibility index (Phi) is 10.1. The molecule has 1 aliphatic heterocycles. The Morgan fingerprint density at radius 2 is 1.85 bits per heavy atom. The molecule has 0 aromatic heterocycles. The van der Waals surface area contributed by atoms with Gasteiger partial charge in [0.15, 0.2) is 0 Å². The van der Waals surface area contributed by atoms with Gasteiger partial charge in [0, 0.05) is 6.42 Å². The van der Waals surface area contributed by atoms with E-state index in [0.717, 1.165) is 0 Å². The van der Waals surface area contributed by atoms with Gasteiger partial charge in [-0.05, 0) is 43.7 Å². The van der Waals surface area contributed by atoms with Crippen LogP contribution in [0.15, 0.2) is 30.3 Å². The quantitative estimate of drug-likeness (QED) is 0.0552. The monoisotopic (exact) mass is 509 g/mol. The lowest BCUT2D eigenvalue weighted by atomic mass is 10.0. The minimum atomic E-state index is -5.18. The summed E-state index contributed by atoms with van der Waals surface area (Å²) < 4.78 is 41.8. The number of aliphatic hydroxyl groups excluding tert-OH is 4. The number of carbonyl (C=O) groups excluding carboxylic acids is 1. The van der Waals surface area contributed by atoms with Gasteiger partial charge in [0.25, 0.3) is 0 Å². The van der Waals surface area contributed by atoms with Crippen LogP contribution in [0.2, 0.25) is 0 Å². The molecule has 1 fully saturated rings. The molecule has 14 heteroatoms. The summed E-state index contributed by atoms with van der Waals surface area (Å²) in [6.45, 7) is 0.907. The molecule has 1 aromatic rings. The summed E-state index contributed by atoms with van der Waals surface area (Å²) in [7, 11) is -5.18. The maximum Gasteiger partial charge on any atom is 0.518 e. The van der Waals surface area contributed by atoms with Gasteiger partial charge in [0.2, 0.25) is 5.04 Å². The Morgan fingerprint density at radius 1 is 1.21 bits per heavy atom. The first-order valence-electron chi connectivity index (χ1n) is 9.99. The zero-order valence-corrected chi connectivity index (χ0v) is 19.3. The molecule has 33 heavy (non-hydrogen) atoms. The highest BCUT2D eigenvalue weighted by molar-refractivity contribution is 8.14. The highest BCUT2D eigenvalue weighted by atomic mass is 32.2. The Hall–Kier alpha value is -1.78. The van der Waals surface area contributed by atoms with Crippen molar-refractivity contribution in [2.24, 2.45) is 0 Å². The second-order valence-corrected chi connectivity index (χ2v) is 9.79. The molecular formula is C19H27NO11S2. The van der Waals surface area contributed by atoms with Gasteiger partial charge >= 0.3 is 16.3 Å². The van der Waals surface area contributed by atoms with Crippen LogP contribution in [-0.2, 0) is 19.8 Å². The molecule has 12 nitrogen and oxygen atoms in total. The third-order valence-electron chi connectivity index (χ3n) is 4.83. The second-order valence-electron chi connectivity index (χ2n) is 7.39. The maximum absolute atomic E-state index is 12.1. The van der Waals surface area contributed by atoms with E-state index in [-0.39, 0.29) is 19.3 Å². The first kappa shape index (κ1) is 27.5. The third kappa shape index (κ3) is 7.61.